The van der Waals surface area contributed by atoms with Crippen LogP contribution < -0.4 is 5.76 Å². The highest BCUT2D eigenvalue weighted by Crippen LogP contribution is 2.26. The zero-order valence-electron chi connectivity index (χ0n) is 14.8. The predicted octanol–water partition coefficient (Wildman–Crippen LogP) is 3.43. The van der Waals surface area contributed by atoms with E-state index in [-0.39, 0.29) is 0 Å². The molecule has 0 bridgehead atoms. The fourth-order valence-electron chi connectivity index (χ4n) is 3.32. The van der Waals surface area contributed by atoms with Crippen molar-refractivity contribution in [2.24, 2.45) is 7.05 Å². The monoisotopic (exact) mass is 395 g/mol. The zero-order valence-corrected chi connectivity index (χ0v) is 15.6. The van der Waals surface area contributed by atoms with Crippen molar-refractivity contribution in [1.82, 2.24) is 24.5 Å². The number of hydrogen-bond donors (Lipinski definition) is 0. The molecule has 140 valence electrons. The fourth-order valence-corrected chi connectivity index (χ4v) is 3.49. The fraction of sp³-hybridized carbons (Fsp3) is 0.158. The number of hydrogen-bond acceptors (Lipinski definition) is 6. The lowest BCUT2D eigenvalue weighted by molar-refractivity contribution is 0.369. The second-order valence-electron chi connectivity index (χ2n) is 6.38. The largest absolute Gasteiger partial charge is 0.419 e. The second kappa shape index (κ2) is 6.35. The zero-order chi connectivity index (χ0) is 19.3. The van der Waals surface area contributed by atoms with Gasteiger partial charge in [0.15, 0.2) is 5.58 Å². The first-order valence-corrected chi connectivity index (χ1v) is 9.01. The molecular weight excluding hydrogens is 382 g/mol. The summed E-state index contributed by atoms with van der Waals surface area (Å²) in [5, 5.41) is 10.0. The number of halogens is 1. The smallest absolute Gasteiger partial charge is 0.408 e. The van der Waals surface area contributed by atoms with E-state index in [0.717, 1.165) is 16.6 Å². The van der Waals surface area contributed by atoms with Gasteiger partial charge in [-0.1, -0.05) is 35.0 Å². The first-order chi connectivity index (χ1) is 13.6. The Morgan fingerprint density at radius 3 is 2.93 bits per heavy atom. The van der Waals surface area contributed by atoms with Crippen molar-refractivity contribution in [3.63, 3.8) is 0 Å². The summed E-state index contributed by atoms with van der Waals surface area (Å²) < 4.78 is 13.9. The van der Waals surface area contributed by atoms with Gasteiger partial charge in [-0.15, -0.1) is 0 Å². The third-order valence-electron chi connectivity index (χ3n) is 4.60. The minimum atomic E-state index is -0.449. The summed E-state index contributed by atoms with van der Waals surface area (Å²) in [7, 11) is 1.84. The molecule has 8 nitrogen and oxygen atoms in total. The molecule has 0 saturated carbocycles. The Labute approximate surface area is 162 Å². The lowest BCUT2D eigenvalue weighted by Crippen LogP contribution is -2.15. The molecule has 0 spiro atoms. The minimum Gasteiger partial charge on any atom is -0.408 e. The van der Waals surface area contributed by atoms with E-state index in [1.807, 2.05) is 31.3 Å². The molecule has 2 aromatic carbocycles. The predicted molar refractivity (Wildman–Crippen MR) is 103 cm³/mol. The van der Waals surface area contributed by atoms with Crippen LogP contribution in [0.15, 0.2) is 56.2 Å². The third-order valence-corrected chi connectivity index (χ3v) is 4.84. The molecule has 0 aliphatic heterocycles. The first kappa shape index (κ1) is 16.8. The Balaban J connectivity index is 1.44. The van der Waals surface area contributed by atoms with E-state index in [1.165, 1.54) is 4.57 Å². The van der Waals surface area contributed by atoms with Crippen molar-refractivity contribution in [2.75, 3.05) is 0 Å². The lowest BCUT2D eigenvalue weighted by atomic mass is 10.2. The van der Waals surface area contributed by atoms with E-state index in [0.29, 0.717) is 40.8 Å². The minimum absolute atomic E-state index is 0.348. The van der Waals surface area contributed by atoms with Gasteiger partial charge in [0.2, 0.25) is 11.7 Å². The van der Waals surface area contributed by atoms with Gasteiger partial charge in [-0.05, 0) is 18.2 Å². The molecule has 3 aromatic heterocycles. The number of oxazole rings is 1. The van der Waals surface area contributed by atoms with E-state index in [4.69, 9.17) is 20.5 Å². The molecule has 3 heterocycles. The third kappa shape index (κ3) is 2.69. The SMILES string of the molecule is Cn1nc2ccccc2c1-c1noc(CCn2c(=O)oc3cc(Cl)ccc32)n1. The highest BCUT2D eigenvalue weighted by Gasteiger charge is 2.17. The first-order valence-electron chi connectivity index (χ1n) is 8.64. The topological polar surface area (TPSA) is 91.9 Å². The molecule has 0 unspecified atom stereocenters. The molecule has 0 N–H and O–H groups in total. The van der Waals surface area contributed by atoms with Crippen molar-refractivity contribution in [3.8, 4) is 11.5 Å². The highest BCUT2D eigenvalue weighted by atomic mass is 35.5. The summed E-state index contributed by atoms with van der Waals surface area (Å²) in [6, 6.07) is 12.9. The van der Waals surface area contributed by atoms with E-state index in [1.54, 1.807) is 22.9 Å². The van der Waals surface area contributed by atoms with Crippen LogP contribution in [0.5, 0.6) is 0 Å². The van der Waals surface area contributed by atoms with Crippen LogP contribution in [0.1, 0.15) is 5.89 Å². The number of aryl methyl sites for hydroxylation is 3. The second-order valence-corrected chi connectivity index (χ2v) is 6.82. The Bertz CT molecular complexity index is 1380. The molecule has 0 saturated heterocycles. The Morgan fingerprint density at radius 2 is 2.04 bits per heavy atom. The summed E-state index contributed by atoms with van der Waals surface area (Å²) in [5.74, 6) is 0.438. The molecule has 0 atom stereocenters. The van der Waals surface area contributed by atoms with Crippen molar-refractivity contribution in [3.05, 3.63) is 63.9 Å². The van der Waals surface area contributed by atoms with Gasteiger partial charge in [0.25, 0.3) is 0 Å². The number of benzene rings is 2. The van der Waals surface area contributed by atoms with Gasteiger partial charge in [0, 0.05) is 36.5 Å². The number of nitrogens with zero attached hydrogens (tertiary/aromatic N) is 5. The molecule has 0 aliphatic rings. The van der Waals surface area contributed by atoms with Crippen molar-refractivity contribution in [1.29, 1.82) is 0 Å². The van der Waals surface area contributed by atoms with Crippen LogP contribution in [-0.2, 0) is 20.0 Å². The summed E-state index contributed by atoms with van der Waals surface area (Å²) in [6.45, 7) is 0.348. The van der Waals surface area contributed by atoms with Crippen molar-refractivity contribution < 1.29 is 8.94 Å². The van der Waals surface area contributed by atoms with Gasteiger partial charge in [-0.3, -0.25) is 9.25 Å². The maximum atomic E-state index is 12.1. The van der Waals surface area contributed by atoms with E-state index >= 15 is 0 Å². The maximum Gasteiger partial charge on any atom is 0.419 e. The van der Waals surface area contributed by atoms with Gasteiger partial charge in [0.1, 0.15) is 5.69 Å². The van der Waals surface area contributed by atoms with E-state index < -0.39 is 5.76 Å². The summed E-state index contributed by atoms with van der Waals surface area (Å²) >= 11 is 5.95. The normalized spacial score (nSPS) is 11.6. The van der Waals surface area contributed by atoms with E-state index in [9.17, 15) is 4.79 Å². The lowest BCUT2D eigenvalue weighted by Gasteiger charge is -1.99. The van der Waals surface area contributed by atoms with Crippen LogP contribution in [-0.4, -0.2) is 24.5 Å². The van der Waals surface area contributed by atoms with Crippen LogP contribution >= 0.6 is 11.6 Å². The summed E-state index contributed by atoms with van der Waals surface area (Å²) in [4.78, 5) is 16.6. The number of fused-ring (bicyclic) bond motifs is 2. The van der Waals surface area contributed by atoms with E-state index in [2.05, 4.69) is 15.2 Å². The molecule has 0 amide bonds. The van der Waals surface area contributed by atoms with Crippen LogP contribution in [0.3, 0.4) is 0 Å². The standard InChI is InChI=1S/C19H14ClN5O3/c1-24-17(12-4-2-3-5-13(12)22-24)18-21-16(28-23-18)8-9-25-14-7-6-11(20)10-15(14)27-19(25)26/h2-7,10H,8-9H2,1H3. The number of rotatable bonds is 4. The summed E-state index contributed by atoms with van der Waals surface area (Å²) in [6.07, 6.45) is 0.389. The highest BCUT2D eigenvalue weighted by molar-refractivity contribution is 6.31. The van der Waals surface area contributed by atoms with Gasteiger partial charge < -0.3 is 8.94 Å². The number of aromatic nitrogens is 5. The quantitative estimate of drug-likeness (QED) is 0.463. The van der Waals surface area contributed by atoms with Gasteiger partial charge >= 0.3 is 5.76 Å². The van der Waals surface area contributed by atoms with Crippen molar-refractivity contribution >= 4 is 33.6 Å². The molecule has 0 aliphatic carbocycles. The van der Waals surface area contributed by atoms with Gasteiger partial charge in [0.05, 0.1) is 11.0 Å². The molecule has 0 fully saturated rings. The Morgan fingerprint density at radius 1 is 1.18 bits per heavy atom. The maximum absolute atomic E-state index is 12.1. The molecule has 9 heteroatoms. The van der Waals surface area contributed by atoms with Gasteiger partial charge in [-0.25, -0.2) is 4.79 Å². The average molecular weight is 396 g/mol. The Hall–Kier alpha value is -3.39. The van der Waals surface area contributed by atoms with Crippen molar-refractivity contribution in [2.45, 2.75) is 13.0 Å². The van der Waals surface area contributed by atoms with Crippen LogP contribution in [0.4, 0.5) is 0 Å². The Kier molecular flexibility index (Phi) is 3.80. The summed E-state index contributed by atoms with van der Waals surface area (Å²) in [5.41, 5.74) is 2.77. The molecule has 28 heavy (non-hydrogen) atoms. The molecule has 5 rings (SSSR count). The molecular formula is C19H14ClN5O3. The van der Waals surface area contributed by atoms with Gasteiger partial charge in [-0.2, -0.15) is 10.1 Å². The molecule has 0 radical (unpaired) electrons. The average Bonchev–Trinajstić information content (AvgIpc) is 3.34. The van der Waals surface area contributed by atoms with Crippen LogP contribution in [0, 0.1) is 0 Å². The van der Waals surface area contributed by atoms with Crippen LogP contribution in [0.25, 0.3) is 33.5 Å². The van der Waals surface area contributed by atoms with Crippen LogP contribution in [0.2, 0.25) is 5.02 Å². The molecule has 5 aromatic rings.